The number of halogens is 5. The van der Waals surface area contributed by atoms with Gasteiger partial charge >= 0.3 is 12.2 Å². The third-order valence-corrected chi connectivity index (χ3v) is 8.56. The smallest absolute Gasteiger partial charge is 0.418 e. The molecule has 0 amide bonds. The fourth-order valence-corrected chi connectivity index (χ4v) is 5.85. The summed E-state index contributed by atoms with van der Waals surface area (Å²) in [5, 5.41) is -0.519. The quantitative estimate of drug-likeness (QED) is 0.299. The van der Waals surface area contributed by atoms with Crippen molar-refractivity contribution in [3.63, 3.8) is 0 Å². The van der Waals surface area contributed by atoms with Crippen molar-refractivity contribution in [3.05, 3.63) is 28.5 Å². The molecule has 1 atom stereocenters. The molecule has 4 heterocycles. The zero-order valence-corrected chi connectivity index (χ0v) is 24.0. The third kappa shape index (κ3) is 5.49. The van der Waals surface area contributed by atoms with E-state index in [4.69, 9.17) is 31.5 Å². The number of rotatable bonds is 6. The molecule has 2 aliphatic heterocycles. The number of nitrogens with zero attached hydrogens (tertiary/aromatic N) is 5. The second-order valence-corrected chi connectivity index (χ2v) is 11.7. The highest BCUT2D eigenvalue weighted by Crippen LogP contribution is 2.48. The maximum absolute atomic E-state index is 16.4. The van der Waals surface area contributed by atoms with Gasteiger partial charge < -0.3 is 24.8 Å². The van der Waals surface area contributed by atoms with E-state index in [-0.39, 0.29) is 46.5 Å². The SMILES string of the molecule is CC1CCOc2nc(-c3cc(N)cc(Cl)c3C(F)(F)F)c(F)c3nc(OCC4(CN5CCOCC5)CC4)nc(c23)N1C. The summed E-state index contributed by atoms with van der Waals surface area (Å²) in [6.07, 6.45) is -2.40. The first kappa shape index (κ1) is 28.9. The van der Waals surface area contributed by atoms with Crippen LogP contribution in [0.4, 0.5) is 29.1 Å². The number of nitrogens with two attached hydrogens (primary N) is 1. The van der Waals surface area contributed by atoms with Crippen LogP contribution in [0.3, 0.4) is 0 Å². The van der Waals surface area contributed by atoms with Gasteiger partial charge in [0.2, 0.25) is 5.88 Å². The number of ether oxygens (including phenoxy) is 3. The molecule has 2 aromatic heterocycles. The summed E-state index contributed by atoms with van der Waals surface area (Å²) < 4.78 is 76.2. The lowest BCUT2D eigenvalue weighted by Gasteiger charge is -2.31. The summed E-state index contributed by atoms with van der Waals surface area (Å²) in [7, 11) is 1.80. The fraction of sp³-hybridized carbons (Fsp3) is 0.536. The Morgan fingerprint density at radius 2 is 1.88 bits per heavy atom. The lowest BCUT2D eigenvalue weighted by atomic mass is 10.0. The maximum Gasteiger partial charge on any atom is 0.418 e. The number of hydrogen-bond acceptors (Lipinski definition) is 9. The van der Waals surface area contributed by atoms with Crippen LogP contribution >= 0.6 is 11.6 Å². The van der Waals surface area contributed by atoms with Crippen molar-refractivity contribution in [1.29, 1.82) is 0 Å². The van der Waals surface area contributed by atoms with E-state index in [0.717, 1.165) is 44.6 Å². The Labute approximate surface area is 244 Å². The van der Waals surface area contributed by atoms with Crippen molar-refractivity contribution in [2.24, 2.45) is 5.41 Å². The minimum atomic E-state index is -4.91. The zero-order chi connectivity index (χ0) is 29.8. The molecular formula is C28H31ClF4N6O3. The van der Waals surface area contributed by atoms with E-state index in [9.17, 15) is 13.2 Å². The van der Waals surface area contributed by atoms with E-state index < -0.39 is 33.8 Å². The highest BCUT2D eigenvalue weighted by Gasteiger charge is 2.45. The van der Waals surface area contributed by atoms with E-state index in [0.29, 0.717) is 32.1 Å². The summed E-state index contributed by atoms with van der Waals surface area (Å²) in [6.45, 7) is 6.39. The standard InChI is InChI=1S/C28H31ClF4N6O3/c1-15-3-8-41-25-19-23(21(30)22(35-25)17-11-16(34)12-18(29)20(17)28(31,32)33)36-26(37-24(19)38(15)2)42-14-27(4-5-27)13-39-6-9-40-10-7-39/h11-12,15H,3-10,13-14,34H2,1-2H3. The van der Waals surface area contributed by atoms with Crippen LogP contribution < -0.4 is 20.1 Å². The number of morpholine rings is 1. The highest BCUT2D eigenvalue weighted by molar-refractivity contribution is 6.32. The van der Waals surface area contributed by atoms with Gasteiger partial charge in [-0.05, 0) is 31.9 Å². The lowest BCUT2D eigenvalue weighted by Crippen LogP contribution is -2.41. The summed E-state index contributed by atoms with van der Waals surface area (Å²) in [4.78, 5) is 17.4. The largest absolute Gasteiger partial charge is 0.477 e. The monoisotopic (exact) mass is 610 g/mol. The first-order valence-corrected chi connectivity index (χ1v) is 14.2. The van der Waals surface area contributed by atoms with E-state index in [2.05, 4.69) is 19.9 Å². The number of alkyl halides is 3. The van der Waals surface area contributed by atoms with Gasteiger partial charge in [0.1, 0.15) is 22.4 Å². The number of hydrogen-bond donors (Lipinski definition) is 1. The lowest BCUT2D eigenvalue weighted by molar-refractivity contribution is -0.137. The van der Waals surface area contributed by atoms with Crippen molar-refractivity contribution in [2.75, 3.05) is 63.7 Å². The predicted octanol–water partition coefficient (Wildman–Crippen LogP) is 5.18. The molecule has 1 saturated carbocycles. The minimum Gasteiger partial charge on any atom is -0.477 e. The number of nitrogen functional groups attached to an aromatic ring is 1. The number of anilines is 2. The Bertz CT molecular complexity index is 1510. The van der Waals surface area contributed by atoms with Crippen molar-refractivity contribution in [2.45, 2.75) is 38.4 Å². The van der Waals surface area contributed by atoms with E-state index in [1.54, 1.807) is 7.05 Å². The van der Waals surface area contributed by atoms with Crippen LogP contribution in [0, 0.1) is 11.2 Å². The zero-order valence-electron chi connectivity index (χ0n) is 23.2. The van der Waals surface area contributed by atoms with Gasteiger partial charge in [0.25, 0.3) is 0 Å². The molecule has 1 saturated heterocycles. The van der Waals surface area contributed by atoms with Crippen LogP contribution in [0.5, 0.6) is 11.9 Å². The maximum atomic E-state index is 16.4. The summed E-state index contributed by atoms with van der Waals surface area (Å²) >= 11 is 5.97. The number of aromatic nitrogens is 3. The molecule has 1 aromatic carbocycles. The van der Waals surface area contributed by atoms with Crippen LogP contribution in [0.1, 0.15) is 31.7 Å². The molecule has 0 bridgehead atoms. The van der Waals surface area contributed by atoms with Gasteiger partial charge in [0.05, 0.1) is 37.0 Å². The summed E-state index contributed by atoms with van der Waals surface area (Å²) in [5.41, 5.74) is 2.93. The van der Waals surface area contributed by atoms with Crippen LogP contribution in [0.15, 0.2) is 12.1 Å². The second-order valence-electron chi connectivity index (χ2n) is 11.3. The molecule has 9 nitrogen and oxygen atoms in total. The Morgan fingerprint density at radius 1 is 1.14 bits per heavy atom. The molecule has 42 heavy (non-hydrogen) atoms. The van der Waals surface area contributed by atoms with E-state index >= 15 is 4.39 Å². The molecule has 3 aromatic rings. The van der Waals surface area contributed by atoms with Gasteiger partial charge in [-0.15, -0.1) is 0 Å². The van der Waals surface area contributed by atoms with Crippen LogP contribution in [0.25, 0.3) is 22.2 Å². The Morgan fingerprint density at radius 3 is 2.57 bits per heavy atom. The van der Waals surface area contributed by atoms with E-state index in [1.807, 2.05) is 11.8 Å². The highest BCUT2D eigenvalue weighted by atomic mass is 35.5. The van der Waals surface area contributed by atoms with Crippen LogP contribution in [-0.4, -0.2) is 79.0 Å². The van der Waals surface area contributed by atoms with Gasteiger partial charge in [0.15, 0.2) is 5.82 Å². The molecule has 2 N–H and O–H groups in total. The molecule has 226 valence electrons. The molecule has 1 aliphatic carbocycles. The van der Waals surface area contributed by atoms with Crippen molar-refractivity contribution >= 4 is 34.0 Å². The number of pyridine rings is 1. The topological polar surface area (TPSA) is 98.9 Å². The van der Waals surface area contributed by atoms with Gasteiger partial charge in [-0.25, -0.2) is 9.37 Å². The first-order chi connectivity index (χ1) is 20.0. The second kappa shape index (κ2) is 10.8. The molecule has 0 spiro atoms. The Balaban J connectivity index is 1.46. The molecule has 14 heteroatoms. The number of benzene rings is 1. The average molecular weight is 611 g/mol. The molecule has 1 unspecified atom stereocenters. The summed E-state index contributed by atoms with van der Waals surface area (Å²) in [5.74, 6) is -0.858. The van der Waals surface area contributed by atoms with Crippen LogP contribution in [-0.2, 0) is 10.9 Å². The molecular weight excluding hydrogens is 580 g/mol. The van der Waals surface area contributed by atoms with Crippen molar-refractivity contribution in [3.8, 4) is 23.1 Å². The van der Waals surface area contributed by atoms with Crippen LogP contribution in [0.2, 0.25) is 5.02 Å². The van der Waals surface area contributed by atoms with Gasteiger partial charge in [-0.1, -0.05) is 11.6 Å². The summed E-state index contributed by atoms with van der Waals surface area (Å²) in [6, 6.07) is 1.84. The average Bonchev–Trinajstić information content (AvgIpc) is 3.70. The van der Waals surface area contributed by atoms with Gasteiger partial charge in [-0.2, -0.15) is 23.1 Å². The molecule has 2 fully saturated rings. The van der Waals surface area contributed by atoms with Gasteiger partial charge in [0, 0.05) is 55.8 Å². The van der Waals surface area contributed by atoms with Gasteiger partial charge in [-0.3, -0.25) is 4.90 Å². The normalized spacial score (nSPS) is 20.6. The molecule has 3 aliphatic rings. The first-order valence-electron chi connectivity index (χ1n) is 13.8. The Kier molecular flexibility index (Phi) is 7.47. The molecule has 0 radical (unpaired) electrons. The molecule has 6 rings (SSSR count). The van der Waals surface area contributed by atoms with Crippen molar-refractivity contribution < 1.29 is 31.8 Å². The third-order valence-electron chi connectivity index (χ3n) is 8.26. The Hall–Kier alpha value is -3.16. The minimum absolute atomic E-state index is 0.0486. The fourth-order valence-electron chi connectivity index (χ4n) is 5.51. The van der Waals surface area contributed by atoms with E-state index in [1.165, 1.54) is 0 Å². The predicted molar refractivity (Wildman–Crippen MR) is 150 cm³/mol. The van der Waals surface area contributed by atoms with Crippen molar-refractivity contribution in [1.82, 2.24) is 19.9 Å².